The van der Waals surface area contributed by atoms with E-state index in [1.165, 1.54) is 12.1 Å². The predicted molar refractivity (Wildman–Crippen MR) is 145 cm³/mol. The van der Waals surface area contributed by atoms with Gasteiger partial charge in [0.05, 0.1) is 17.6 Å². The lowest BCUT2D eigenvalue weighted by Gasteiger charge is -2.40. The SMILES string of the molecule is CC(C)(C)OC(=O)N(CCc1ccc([N+](=O)[O-])cc1)CC(O[Si](C)(C)C(C)(C)C)c1ccc(Cl)nc1. The molecule has 0 saturated heterocycles. The standard InChI is InChI=1S/C26H38ClN3O5Si/c1-25(2,3)34-24(31)29(16-15-19-9-12-21(13-10-19)30(32)33)18-22(20-11-14-23(27)28-17-20)35-36(7,8)26(4,5)6/h9-14,17,22H,15-16,18H2,1-8H3. The first-order valence-electron chi connectivity index (χ1n) is 12.0. The number of nitro benzene ring substituents is 1. The van der Waals surface area contributed by atoms with Crippen LogP contribution >= 0.6 is 11.6 Å². The number of benzene rings is 1. The molecule has 0 radical (unpaired) electrons. The Balaban J connectivity index is 2.35. The van der Waals surface area contributed by atoms with Gasteiger partial charge in [0.1, 0.15) is 10.8 Å². The van der Waals surface area contributed by atoms with Crippen LogP contribution in [0.5, 0.6) is 0 Å². The van der Waals surface area contributed by atoms with E-state index in [1.54, 1.807) is 29.3 Å². The van der Waals surface area contributed by atoms with E-state index >= 15 is 0 Å². The zero-order valence-electron chi connectivity index (χ0n) is 22.5. The summed E-state index contributed by atoms with van der Waals surface area (Å²) in [6, 6.07) is 9.94. The van der Waals surface area contributed by atoms with Crippen LogP contribution in [0.4, 0.5) is 10.5 Å². The molecule has 1 atom stereocenters. The van der Waals surface area contributed by atoms with Gasteiger partial charge in [0.15, 0.2) is 8.32 Å². The van der Waals surface area contributed by atoms with Crippen molar-refractivity contribution in [3.63, 3.8) is 0 Å². The van der Waals surface area contributed by atoms with Crippen molar-refractivity contribution < 1.29 is 18.9 Å². The van der Waals surface area contributed by atoms with Crippen LogP contribution < -0.4 is 0 Å². The van der Waals surface area contributed by atoms with Gasteiger partial charge < -0.3 is 14.1 Å². The van der Waals surface area contributed by atoms with Gasteiger partial charge in [-0.3, -0.25) is 10.1 Å². The van der Waals surface area contributed by atoms with E-state index in [9.17, 15) is 14.9 Å². The number of carbonyl (C=O) groups excluding carboxylic acids is 1. The minimum absolute atomic E-state index is 0.0285. The maximum Gasteiger partial charge on any atom is 0.410 e. The lowest BCUT2D eigenvalue weighted by atomic mass is 10.1. The zero-order valence-corrected chi connectivity index (χ0v) is 24.3. The second-order valence-corrected chi connectivity index (χ2v) is 16.5. The summed E-state index contributed by atoms with van der Waals surface area (Å²) >= 11 is 6.03. The van der Waals surface area contributed by atoms with Crippen molar-refractivity contribution in [3.05, 3.63) is 69.0 Å². The number of ether oxygens (including phenoxy) is 1. The van der Waals surface area contributed by atoms with Gasteiger partial charge in [0.2, 0.25) is 0 Å². The van der Waals surface area contributed by atoms with E-state index in [0.717, 1.165) is 11.1 Å². The van der Waals surface area contributed by atoms with Gasteiger partial charge in [-0.2, -0.15) is 0 Å². The smallest absolute Gasteiger partial charge is 0.410 e. The van der Waals surface area contributed by atoms with E-state index in [0.29, 0.717) is 18.1 Å². The average Bonchev–Trinajstić information content (AvgIpc) is 2.74. The molecule has 0 N–H and O–H groups in total. The van der Waals surface area contributed by atoms with Gasteiger partial charge in [-0.05, 0) is 62.5 Å². The Morgan fingerprint density at radius 1 is 1.11 bits per heavy atom. The molecule has 1 aromatic carbocycles. The van der Waals surface area contributed by atoms with Crippen LogP contribution in [0.3, 0.4) is 0 Å². The molecular weight excluding hydrogens is 498 g/mol. The number of non-ortho nitro benzene ring substituents is 1. The Hall–Kier alpha value is -2.49. The lowest BCUT2D eigenvalue weighted by molar-refractivity contribution is -0.384. The molecule has 1 aromatic heterocycles. The lowest BCUT2D eigenvalue weighted by Crippen LogP contribution is -2.46. The molecule has 0 spiro atoms. The molecule has 8 nitrogen and oxygen atoms in total. The zero-order chi connectivity index (χ0) is 27.3. The Kier molecular flexibility index (Phi) is 9.67. The maximum atomic E-state index is 13.2. The molecule has 36 heavy (non-hydrogen) atoms. The second kappa shape index (κ2) is 11.7. The van der Waals surface area contributed by atoms with Crippen LogP contribution in [-0.4, -0.2) is 47.9 Å². The van der Waals surface area contributed by atoms with Crippen LogP contribution in [0.2, 0.25) is 23.3 Å². The van der Waals surface area contributed by atoms with Crippen molar-refractivity contribution in [1.29, 1.82) is 0 Å². The van der Waals surface area contributed by atoms with Gasteiger partial charge in [-0.15, -0.1) is 0 Å². The van der Waals surface area contributed by atoms with E-state index in [2.05, 4.69) is 38.8 Å². The highest BCUT2D eigenvalue weighted by Crippen LogP contribution is 2.40. The number of hydrogen-bond acceptors (Lipinski definition) is 6. The third-order valence-electron chi connectivity index (χ3n) is 6.22. The third kappa shape index (κ3) is 8.87. The highest BCUT2D eigenvalue weighted by Gasteiger charge is 2.40. The summed E-state index contributed by atoms with van der Waals surface area (Å²) in [5.74, 6) is 0. The molecule has 198 valence electrons. The van der Waals surface area contributed by atoms with Crippen molar-refractivity contribution in [3.8, 4) is 0 Å². The van der Waals surface area contributed by atoms with Crippen molar-refractivity contribution >= 4 is 31.7 Å². The highest BCUT2D eigenvalue weighted by molar-refractivity contribution is 6.74. The molecule has 0 aliphatic carbocycles. The summed E-state index contributed by atoms with van der Waals surface area (Å²) in [6.45, 7) is 16.9. The minimum Gasteiger partial charge on any atom is -0.444 e. The van der Waals surface area contributed by atoms with Gasteiger partial charge >= 0.3 is 6.09 Å². The van der Waals surface area contributed by atoms with E-state index in [1.807, 2.05) is 26.8 Å². The van der Waals surface area contributed by atoms with Gasteiger partial charge in [0.25, 0.3) is 5.69 Å². The van der Waals surface area contributed by atoms with Crippen LogP contribution in [0.25, 0.3) is 0 Å². The molecule has 1 heterocycles. The molecule has 0 aliphatic rings. The number of halogens is 1. The molecule has 0 fully saturated rings. The molecule has 2 rings (SSSR count). The summed E-state index contributed by atoms with van der Waals surface area (Å²) in [5, 5.41) is 11.3. The number of rotatable bonds is 9. The molecule has 1 amide bonds. The molecule has 1 unspecified atom stereocenters. The first kappa shape index (κ1) is 29.7. The van der Waals surface area contributed by atoms with Crippen molar-refractivity contribution in [1.82, 2.24) is 9.88 Å². The first-order chi connectivity index (χ1) is 16.5. The molecule has 0 saturated carbocycles. The summed E-state index contributed by atoms with van der Waals surface area (Å²) in [7, 11) is -2.22. The summed E-state index contributed by atoms with van der Waals surface area (Å²) in [4.78, 5) is 29.7. The van der Waals surface area contributed by atoms with E-state index < -0.39 is 31.0 Å². The average molecular weight is 536 g/mol. The Labute approximate surface area is 220 Å². The maximum absolute atomic E-state index is 13.2. The number of hydrogen-bond donors (Lipinski definition) is 0. The Bertz CT molecular complexity index is 1030. The van der Waals surface area contributed by atoms with Crippen molar-refractivity contribution in [2.75, 3.05) is 13.1 Å². The highest BCUT2D eigenvalue weighted by atomic mass is 35.5. The largest absolute Gasteiger partial charge is 0.444 e. The Morgan fingerprint density at radius 2 is 1.72 bits per heavy atom. The fourth-order valence-electron chi connectivity index (χ4n) is 3.15. The fourth-order valence-corrected chi connectivity index (χ4v) is 4.54. The van der Waals surface area contributed by atoms with Gasteiger partial charge in [-0.1, -0.05) is 50.6 Å². The summed E-state index contributed by atoms with van der Waals surface area (Å²) < 4.78 is 12.5. The second-order valence-electron chi connectivity index (χ2n) is 11.4. The van der Waals surface area contributed by atoms with E-state index in [-0.39, 0.29) is 17.3 Å². The number of amides is 1. The van der Waals surface area contributed by atoms with Crippen LogP contribution in [0.15, 0.2) is 42.6 Å². The van der Waals surface area contributed by atoms with Crippen LogP contribution in [0.1, 0.15) is 58.8 Å². The third-order valence-corrected chi connectivity index (χ3v) is 10.9. The monoisotopic (exact) mass is 535 g/mol. The number of nitrogens with zero attached hydrogens (tertiary/aromatic N) is 3. The summed E-state index contributed by atoms with van der Waals surface area (Å²) in [6.07, 6.45) is 1.31. The number of pyridine rings is 1. The number of nitro groups is 1. The van der Waals surface area contributed by atoms with Gasteiger partial charge in [-0.25, -0.2) is 9.78 Å². The van der Waals surface area contributed by atoms with Crippen molar-refractivity contribution in [2.24, 2.45) is 0 Å². The normalized spacial score (nSPS) is 13.2. The molecule has 10 heteroatoms. The molecule has 0 aliphatic heterocycles. The van der Waals surface area contributed by atoms with Crippen LogP contribution in [-0.2, 0) is 15.6 Å². The number of aromatic nitrogens is 1. The topological polar surface area (TPSA) is 94.8 Å². The van der Waals surface area contributed by atoms with Gasteiger partial charge in [0, 0.05) is 24.9 Å². The van der Waals surface area contributed by atoms with Crippen LogP contribution in [0, 0.1) is 10.1 Å². The van der Waals surface area contributed by atoms with E-state index in [4.69, 9.17) is 20.8 Å². The first-order valence-corrected chi connectivity index (χ1v) is 15.3. The Morgan fingerprint density at radius 3 is 2.19 bits per heavy atom. The number of carbonyl (C=O) groups is 1. The summed E-state index contributed by atoms with van der Waals surface area (Å²) in [5.41, 5.74) is 1.07. The minimum atomic E-state index is -2.22. The predicted octanol–water partition coefficient (Wildman–Crippen LogP) is 7.19. The quantitative estimate of drug-likeness (QED) is 0.146. The molecule has 2 aromatic rings. The molecule has 0 bridgehead atoms. The fraction of sp³-hybridized carbons (Fsp3) is 0.538. The van der Waals surface area contributed by atoms with Crippen molar-refractivity contribution in [2.45, 2.75) is 77.8 Å². The molecular formula is C26H38ClN3O5Si.